The number of amides is 2. The second-order valence-corrected chi connectivity index (χ2v) is 8.72. The zero-order valence-electron chi connectivity index (χ0n) is 19.6. The Balaban J connectivity index is 1.52. The van der Waals surface area contributed by atoms with E-state index >= 15 is 0 Å². The minimum absolute atomic E-state index is 0.0949. The van der Waals surface area contributed by atoms with Gasteiger partial charge in [0.15, 0.2) is 11.0 Å². The highest BCUT2D eigenvalue weighted by Gasteiger charge is 2.18. The normalized spacial score (nSPS) is 10.7. The summed E-state index contributed by atoms with van der Waals surface area (Å²) in [7, 11) is 1.52. The van der Waals surface area contributed by atoms with Gasteiger partial charge in [0.1, 0.15) is 11.5 Å². The van der Waals surface area contributed by atoms with E-state index in [0.29, 0.717) is 34.6 Å². The van der Waals surface area contributed by atoms with Gasteiger partial charge in [0.25, 0.3) is 0 Å². The van der Waals surface area contributed by atoms with Crippen LogP contribution in [-0.4, -0.2) is 39.4 Å². The van der Waals surface area contributed by atoms with Crippen LogP contribution in [-0.2, 0) is 16.1 Å². The number of anilines is 2. The topological polar surface area (TPSA) is 111 Å². The lowest BCUT2D eigenvalue weighted by molar-refractivity contribution is -0.114. The van der Waals surface area contributed by atoms with E-state index in [1.54, 1.807) is 24.5 Å². The molecule has 0 radical (unpaired) electrons. The molecule has 9 nitrogen and oxygen atoms in total. The van der Waals surface area contributed by atoms with Crippen LogP contribution in [0.1, 0.15) is 18.2 Å². The molecule has 0 fully saturated rings. The third kappa shape index (κ3) is 6.10. The summed E-state index contributed by atoms with van der Waals surface area (Å²) in [6.45, 7) is 3.87. The zero-order valence-corrected chi connectivity index (χ0v) is 20.4. The number of rotatable bonds is 9. The van der Waals surface area contributed by atoms with Gasteiger partial charge in [-0.1, -0.05) is 35.5 Å². The molecule has 0 aliphatic rings. The van der Waals surface area contributed by atoms with Gasteiger partial charge in [-0.2, -0.15) is 0 Å². The molecule has 0 aliphatic heterocycles. The predicted molar refractivity (Wildman–Crippen MR) is 135 cm³/mol. The van der Waals surface area contributed by atoms with E-state index in [-0.39, 0.29) is 17.6 Å². The third-order valence-corrected chi connectivity index (χ3v) is 5.98. The zero-order chi connectivity index (χ0) is 24.8. The molecule has 0 bridgehead atoms. The Hall–Kier alpha value is -4.05. The van der Waals surface area contributed by atoms with Gasteiger partial charge < -0.3 is 19.8 Å². The van der Waals surface area contributed by atoms with E-state index < -0.39 is 0 Å². The van der Waals surface area contributed by atoms with Crippen molar-refractivity contribution in [1.82, 2.24) is 14.8 Å². The molecular formula is C25H25N5O4S. The molecule has 10 heteroatoms. The quantitative estimate of drug-likeness (QED) is 0.329. The van der Waals surface area contributed by atoms with Gasteiger partial charge >= 0.3 is 0 Å². The summed E-state index contributed by atoms with van der Waals surface area (Å²) in [5.74, 6) is 1.57. The molecule has 0 saturated heterocycles. The average molecular weight is 492 g/mol. The Morgan fingerprint density at radius 2 is 1.94 bits per heavy atom. The number of thioether (sulfide) groups is 1. The van der Waals surface area contributed by atoms with E-state index in [1.807, 2.05) is 47.9 Å². The summed E-state index contributed by atoms with van der Waals surface area (Å²) >= 11 is 1.27. The van der Waals surface area contributed by atoms with Crippen molar-refractivity contribution < 1.29 is 18.7 Å². The second-order valence-electron chi connectivity index (χ2n) is 7.77. The SMILES string of the molecule is COc1ccc(NC(C)=O)cc1NC(=O)CSc1nnc(-c2cccc(C)c2)n1Cc1ccco1. The van der Waals surface area contributed by atoms with Crippen molar-refractivity contribution in [2.75, 3.05) is 23.5 Å². The minimum atomic E-state index is -0.252. The van der Waals surface area contributed by atoms with Gasteiger partial charge in [-0.25, -0.2) is 0 Å². The van der Waals surface area contributed by atoms with Crippen molar-refractivity contribution in [3.8, 4) is 17.1 Å². The van der Waals surface area contributed by atoms with Crippen LogP contribution in [0.4, 0.5) is 11.4 Å². The number of hydrogen-bond acceptors (Lipinski definition) is 7. The van der Waals surface area contributed by atoms with E-state index in [0.717, 1.165) is 16.9 Å². The Kier molecular flexibility index (Phi) is 7.51. The van der Waals surface area contributed by atoms with Gasteiger partial charge in [-0.05, 0) is 43.3 Å². The lowest BCUT2D eigenvalue weighted by Crippen LogP contribution is -2.16. The third-order valence-electron chi connectivity index (χ3n) is 5.01. The number of carbonyl (C=O) groups is 2. The van der Waals surface area contributed by atoms with Crippen LogP contribution < -0.4 is 15.4 Å². The van der Waals surface area contributed by atoms with Crippen molar-refractivity contribution >= 4 is 35.0 Å². The molecular weight excluding hydrogens is 466 g/mol. The maximum atomic E-state index is 12.8. The fourth-order valence-electron chi connectivity index (χ4n) is 3.50. The maximum Gasteiger partial charge on any atom is 0.234 e. The summed E-state index contributed by atoms with van der Waals surface area (Å²) < 4.78 is 12.8. The summed E-state index contributed by atoms with van der Waals surface area (Å²) in [5, 5.41) is 14.9. The number of hydrogen-bond donors (Lipinski definition) is 2. The van der Waals surface area contributed by atoms with Crippen LogP contribution in [0.25, 0.3) is 11.4 Å². The molecule has 2 aromatic heterocycles. The van der Waals surface area contributed by atoms with E-state index in [9.17, 15) is 9.59 Å². The summed E-state index contributed by atoms with van der Waals surface area (Å²) in [6, 6.07) is 16.8. The van der Waals surface area contributed by atoms with Crippen molar-refractivity contribution in [3.05, 3.63) is 72.2 Å². The van der Waals surface area contributed by atoms with E-state index in [2.05, 4.69) is 20.8 Å². The average Bonchev–Trinajstić information content (AvgIpc) is 3.48. The summed E-state index contributed by atoms with van der Waals surface area (Å²) in [4.78, 5) is 24.2. The molecule has 2 N–H and O–H groups in total. The minimum Gasteiger partial charge on any atom is -0.495 e. The Labute approximate surface area is 206 Å². The fraction of sp³-hybridized carbons (Fsp3) is 0.200. The van der Waals surface area contributed by atoms with Crippen molar-refractivity contribution in [2.45, 2.75) is 25.5 Å². The number of aromatic nitrogens is 3. The molecule has 0 unspecified atom stereocenters. The molecule has 0 saturated carbocycles. The fourth-order valence-corrected chi connectivity index (χ4v) is 4.23. The van der Waals surface area contributed by atoms with Crippen LogP contribution in [0.3, 0.4) is 0 Å². The Bertz CT molecular complexity index is 1330. The van der Waals surface area contributed by atoms with Crippen molar-refractivity contribution in [2.24, 2.45) is 0 Å². The number of aryl methyl sites for hydroxylation is 1. The lowest BCUT2D eigenvalue weighted by atomic mass is 10.1. The van der Waals surface area contributed by atoms with Crippen LogP contribution in [0.15, 0.2) is 70.4 Å². The molecule has 0 atom stereocenters. The number of carbonyl (C=O) groups excluding carboxylic acids is 2. The molecule has 2 aromatic carbocycles. The highest BCUT2D eigenvalue weighted by Crippen LogP contribution is 2.29. The van der Waals surface area contributed by atoms with E-state index in [4.69, 9.17) is 9.15 Å². The van der Waals surface area contributed by atoms with Crippen molar-refractivity contribution in [1.29, 1.82) is 0 Å². The number of furan rings is 1. The van der Waals surface area contributed by atoms with Gasteiger partial charge in [0.05, 0.1) is 31.4 Å². The summed E-state index contributed by atoms with van der Waals surface area (Å²) in [6.07, 6.45) is 1.62. The maximum absolute atomic E-state index is 12.8. The van der Waals surface area contributed by atoms with E-state index in [1.165, 1.54) is 25.8 Å². The van der Waals surface area contributed by atoms with Crippen LogP contribution in [0.2, 0.25) is 0 Å². The molecule has 4 rings (SSSR count). The molecule has 180 valence electrons. The van der Waals surface area contributed by atoms with Crippen LogP contribution in [0, 0.1) is 6.92 Å². The first-order valence-corrected chi connectivity index (χ1v) is 11.8. The number of methoxy groups -OCH3 is 1. The molecule has 2 amide bonds. The first kappa shape index (κ1) is 24.1. The van der Waals surface area contributed by atoms with Crippen molar-refractivity contribution in [3.63, 3.8) is 0 Å². The Morgan fingerprint density at radius 3 is 2.66 bits per heavy atom. The van der Waals surface area contributed by atoms with Crippen LogP contribution >= 0.6 is 11.8 Å². The molecule has 35 heavy (non-hydrogen) atoms. The first-order valence-electron chi connectivity index (χ1n) is 10.8. The van der Waals surface area contributed by atoms with Crippen LogP contribution in [0.5, 0.6) is 5.75 Å². The second kappa shape index (κ2) is 10.9. The molecule has 0 aliphatic carbocycles. The first-order chi connectivity index (χ1) is 16.9. The molecule has 4 aromatic rings. The highest BCUT2D eigenvalue weighted by atomic mass is 32.2. The highest BCUT2D eigenvalue weighted by molar-refractivity contribution is 7.99. The molecule has 2 heterocycles. The lowest BCUT2D eigenvalue weighted by Gasteiger charge is -2.13. The number of ether oxygens (including phenoxy) is 1. The van der Waals surface area contributed by atoms with Gasteiger partial charge in [-0.15, -0.1) is 10.2 Å². The predicted octanol–water partition coefficient (Wildman–Crippen LogP) is 4.59. The number of nitrogens with zero attached hydrogens (tertiary/aromatic N) is 3. The Morgan fingerprint density at radius 1 is 1.09 bits per heavy atom. The van der Waals surface area contributed by atoms with Gasteiger partial charge in [0.2, 0.25) is 11.8 Å². The number of benzene rings is 2. The summed E-state index contributed by atoms with van der Waals surface area (Å²) in [5.41, 5.74) is 3.06. The van der Waals surface area contributed by atoms with Gasteiger partial charge in [0, 0.05) is 18.2 Å². The van der Waals surface area contributed by atoms with Gasteiger partial charge in [-0.3, -0.25) is 14.2 Å². The largest absolute Gasteiger partial charge is 0.495 e. The monoisotopic (exact) mass is 491 g/mol. The molecule has 0 spiro atoms. The standard InChI is InChI=1S/C25H25N5O4S/c1-16-6-4-7-18(12-16)24-28-29-25(30(24)14-20-8-5-11-34-20)35-15-23(32)27-21-13-19(26-17(2)31)9-10-22(21)33-3/h4-13H,14-15H2,1-3H3,(H,26,31)(H,27,32). The number of nitrogens with one attached hydrogen (secondary N) is 2. The smallest absolute Gasteiger partial charge is 0.234 e.